The number of hydrogen-bond acceptors (Lipinski definition) is 3. The first-order valence-corrected chi connectivity index (χ1v) is 6.50. The molecule has 0 fully saturated rings. The van der Waals surface area contributed by atoms with E-state index in [2.05, 4.69) is 6.92 Å². The van der Waals surface area contributed by atoms with Crippen molar-refractivity contribution in [2.24, 2.45) is 11.8 Å². The number of nitrogens with zero attached hydrogens (tertiary/aromatic N) is 1. The number of carbonyl (C=O) groups is 1. The topological polar surface area (TPSA) is 60.2 Å². The lowest BCUT2D eigenvalue weighted by Gasteiger charge is -2.22. The molecule has 0 radical (unpaired) electrons. The largest absolute Gasteiger partial charge is 0.294 e. The minimum absolute atomic E-state index is 0.0209. The van der Waals surface area contributed by atoms with Crippen molar-refractivity contribution >= 4 is 5.78 Å². The smallest absolute Gasteiger partial charge is 0.245 e. The number of ketones is 1. The SMILES string of the molecule is CC1CC=C([N+](=O)[O-])C(CC(=O)c2ccccc2)C1. The van der Waals surface area contributed by atoms with Gasteiger partial charge in [-0.15, -0.1) is 0 Å². The van der Waals surface area contributed by atoms with Crippen LogP contribution < -0.4 is 0 Å². The van der Waals surface area contributed by atoms with Crippen LogP contribution in [-0.4, -0.2) is 10.7 Å². The van der Waals surface area contributed by atoms with Crippen LogP contribution in [0.25, 0.3) is 0 Å². The Morgan fingerprint density at radius 1 is 1.37 bits per heavy atom. The van der Waals surface area contributed by atoms with Crippen LogP contribution in [0.5, 0.6) is 0 Å². The first kappa shape index (κ1) is 13.5. The van der Waals surface area contributed by atoms with Crippen molar-refractivity contribution < 1.29 is 9.72 Å². The van der Waals surface area contributed by atoms with Gasteiger partial charge in [-0.3, -0.25) is 14.9 Å². The molecule has 0 aromatic heterocycles. The maximum absolute atomic E-state index is 12.1. The van der Waals surface area contributed by atoms with Gasteiger partial charge in [0.1, 0.15) is 0 Å². The number of rotatable bonds is 4. The zero-order chi connectivity index (χ0) is 13.8. The van der Waals surface area contributed by atoms with E-state index in [1.165, 1.54) is 0 Å². The number of nitro groups is 1. The van der Waals surface area contributed by atoms with E-state index in [1.807, 2.05) is 6.07 Å². The molecular weight excluding hydrogens is 242 g/mol. The van der Waals surface area contributed by atoms with Gasteiger partial charge in [-0.2, -0.15) is 0 Å². The molecule has 2 rings (SSSR count). The summed E-state index contributed by atoms with van der Waals surface area (Å²) in [4.78, 5) is 22.8. The van der Waals surface area contributed by atoms with Gasteiger partial charge in [0.15, 0.2) is 5.78 Å². The molecule has 0 saturated carbocycles. The average molecular weight is 259 g/mol. The molecule has 4 nitrogen and oxygen atoms in total. The Hall–Kier alpha value is -1.97. The van der Waals surface area contributed by atoms with E-state index in [0.29, 0.717) is 17.9 Å². The molecule has 2 unspecified atom stereocenters. The van der Waals surface area contributed by atoms with Crippen molar-refractivity contribution in [1.29, 1.82) is 0 Å². The number of allylic oxidation sites excluding steroid dienone is 2. The predicted octanol–water partition coefficient (Wildman–Crippen LogP) is 3.47. The van der Waals surface area contributed by atoms with E-state index < -0.39 is 0 Å². The van der Waals surface area contributed by atoms with Crippen molar-refractivity contribution in [3.05, 3.63) is 57.8 Å². The summed E-state index contributed by atoms with van der Waals surface area (Å²) >= 11 is 0. The highest BCUT2D eigenvalue weighted by Gasteiger charge is 2.31. The molecule has 0 heterocycles. The van der Waals surface area contributed by atoms with Crippen molar-refractivity contribution in [3.8, 4) is 0 Å². The molecule has 0 saturated heterocycles. The van der Waals surface area contributed by atoms with Crippen LogP contribution in [0, 0.1) is 22.0 Å². The molecule has 1 aliphatic rings. The molecule has 1 aliphatic carbocycles. The summed E-state index contributed by atoms with van der Waals surface area (Å²) in [6.07, 6.45) is 3.34. The van der Waals surface area contributed by atoms with Gasteiger partial charge in [-0.05, 0) is 24.8 Å². The molecule has 4 heteroatoms. The third-order valence-electron chi connectivity index (χ3n) is 3.57. The van der Waals surface area contributed by atoms with Gasteiger partial charge in [-0.25, -0.2) is 0 Å². The Kier molecular flexibility index (Phi) is 4.10. The van der Waals surface area contributed by atoms with E-state index in [0.717, 1.165) is 6.42 Å². The van der Waals surface area contributed by atoms with Gasteiger partial charge in [-0.1, -0.05) is 37.3 Å². The third kappa shape index (κ3) is 3.28. The van der Waals surface area contributed by atoms with Crippen LogP contribution in [0.2, 0.25) is 0 Å². The average Bonchev–Trinajstić information content (AvgIpc) is 2.39. The summed E-state index contributed by atoms with van der Waals surface area (Å²) < 4.78 is 0. The van der Waals surface area contributed by atoms with Gasteiger partial charge in [0, 0.05) is 12.0 Å². The lowest BCUT2D eigenvalue weighted by Crippen LogP contribution is -2.22. The van der Waals surface area contributed by atoms with E-state index in [9.17, 15) is 14.9 Å². The Morgan fingerprint density at radius 2 is 2.05 bits per heavy atom. The first-order valence-electron chi connectivity index (χ1n) is 6.50. The molecule has 0 N–H and O–H groups in total. The second kappa shape index (κ2) is 5.78. The summed E-state index contributed by atoms with van der Waals surface area (Å²) in [6.45, 7) is 2.06. The zero-order valence-corrected chi connectivity index (χ0v) is 10.9. The van der Waals surface area contributed by atoms with E-state index in [4.69, 9.17) is 0 Å². The van der Waals surface area contributed by atoms with E-state index >= 15 is 0 Å². The van der Waals surface area contributed by atoms with Crippen LogP contribution >= 0.6 is 0 Å². The predicted molar refractivity (Wildman–Crippen MR) is 72.4 cm³/mol. The van der Waals surface area contributed by atoms with Gasteiger partial charge in [0.2, 0.25) is 5.70 Å². The van der Waals surface area contributed by atoms with Crippen LogP contribution in [-0.2, 0) is 0 Å². The summed E-state index contributed by atoms with van der Waals surface area (Å²) in [5.41, 5.74) is 0.839. The highest BCUT2D eigenvalue weighted by atomic mass is 16.6. The van der Waals surface area contributed by atoms with Gasteiger partial charge in [0.05, 0.1) is 10.8 Å². The van der Waals surface area contributed by atoms with Crippen molar-refractivity contribution in [2.75, 3.05) is 0 Å². The second-order valence-corrected chi connectivity index (χ2v) is 5.15. The zero-order valence-electron chi connectivity index (χ0n) is 10.9. The van der Waals surface area contributed by atoms with Crippen LogP contribution in [0.3, 0.4) is 0 Å². The molecule has 19 heavy (non-hydrogen) atoms. The molecule has 1 aromatic rings. The van der Waals surface area contributed by atoms with Crippen molar-refractivity contribution in [1.82, 2.24) is 0 Å². The molecule has 1 aromatic carbocycles. The molecule has 0 bridgehead atoms. The monoisotopic (exact) mass is 259 g/mol. The molecular formula is C15H17NO3. The molecule has 0 spiro atoms. The minimum Gasteiger partial charge on any atom is -0.294 e. The Balaban J connectivity index is 2.13. The number of carbonyl (C=O) groups excluding carboxylic acids is 1. The van der Waals surface area contributed by atoms with E-state index in [1.54, 1.807) is 30.3 Å². The maximum Gasteiger partial charge on any atom is 0.245 e. The third-order valence-corrected chi connectivity index (χ3v) is 3.57. The quantitative estimate of drug-likeness (QED) is 0.472. The van der Waals surface area contributed by atoms with Gasteiger partial charge < -0.3 is 0 Å². The first-order chi connectivity index (χ1) is 9.08. The molecule has 2 atom stereocenters. The highest BCUT2D eigenvalue weighted by Crippen LogP contribution is 2.32. The van der Waals surface area contributed by atoms with Gasteiger partial charge in [0.25, 0.3) is 0 Å². The fourth-order valence-electron chi connectivity index (χ4n) is 2.57. The molecule has 100 valence electrons. The standard InChI is InChI=1S/C15H17NO3/c1-11-7-8-14(16(18)19)13(9-11)10-15(17)12-5-3-2-4-6-12/h2-6,8,11,13H,7,9-10H2,1H3. The molecule has 0 aliphatic heterocycles. The van der Waals surface area contributed by atoms with Crippen LogP contribution in [0.15, 0.2) is 42.1 Å². The summed E-state index contributed by atoms with van der Waals surface area (Å²) in [7, 11) is 0. The van der Waals surface area contributed by atoms with Crippen molar-refractivity contribution in [2.45, 2.75) is 26.2 Å². The fraction of sp³-hybridized carbons (Fsp3) is 0.400. The maximum atomic E-state index is 12.1. The summed E-state index contributed by atoms with van der Waals surface area (Å²) in [5.74, 6) is 0.121. The summed E-state index contributed by atoms with van der Waals surface area (Å²) in [6, 6.07) is 8.97. The van der Waals surface area contributed by atoms with E-state index in [-0.39, 0.29) is 28.7 Å². The van der Waals surface area contributed by atoms with Crippen LogP contribution in [0.1, 0.15) is 36.5 Å². The van der Waals surface area contributed by atoms with Crippen LogP contribution in [0.4, 0.5) is 0 Å². The lowest BCUT2D eigenvalue weighted by atomic mass is 9.82. The minimum atomic E-state index is -0.338. The lowest BCUT2D eigenvalue weighted by molar-refractivity contribution is -0.435. The normalized spacial score (nSPS) is 22.7. The van der Waals surface area contributed by atoms with Gasteiger partial charge >= 0.3 is 0 Å². The second-order valence-electron chi connectivity index (χ2n) is 5.15. The Bertz CT molecular complexity index is 507. The number of Topliss-reactive ketones (excluding diaryl/α,β-unsaturated/α-hetero) is 1. The summed E-state index contributed by atoms with van der Waals surface area (Å²) in [5, 5.41) is 11.0. The Labute approximate surface area is 112 Å². The van der Waals surface area contributed by atoms with Crippen molar-refractivity contribution in [3.63, 3.8) is 0 Å². The highest BCUT2D eigenvalue weighted by molar-refractivity contribution is 5.96. The fourth-order valence-corrected chi connectivity index (χ4v) is 2.57. The number of benzene rings is 1. The molecule has 0 amide bonds. The Morgan fingerprint density at radius 3 is 2.68 bits per heavy atom. The number of hydrogen-bond donors (Lipinski definition) is 0.